The SMILES string of the molecule is Cl.O=C(Nc1ccc(NC2=NCCN2)cc1)c1ccc(C(=O)Nc2ccc(NC3=NCCN3)cc2)cc1. The van der Waals surface area contributed by atoms with Crippen LogP contribution in [0.4, 0.5) is 22.7 Å². The first-order valence-corrected chi connectivity index (χ1v) is 11.7. The lowest BCUT2D eigenvalue weighted by Crippen LogP contribution is -2.26. The molecule has 2 aliphatic heterocycles. The zero-order valence-electron chi connectivity index (χ0n) is 19.9. The van der Waals surface area contributed by atoms with Gasteiger partial charge in [-0.05, 0) is 72.8 Å². The topological polar surface area (TPSA) is 131 Å². The van der Waals surface area contributed by atoms with Crippen molar-refractivity contribution in [3.8, 4) is 0 Å². The number of amides is 2. The van der Waals surface area contributed by atoms with Gasteiger partial charge in [-0.15, -0.1) is 12.4 Å². The fourth-order valence-electron chi connectivity index (χ4n) is 3.69. The summed E-state index contributed by atoms with van der Waals surface area (Å²) in [5.74, 6) is 0.984. The number of anilines is 4. The Morgan fingerprint density at radius 3 is 1.24 bits per heavy atom. The molecule has 10 nitrogen and oxygen atoms in total. The van der Waals surface area contributed by atoms with Gasteiger partial charge in [0.25, 0.3) is 11.8 Å². The quantitative estimate of drug-likeness (QED) is 0.297. The van der Waals surface area contributed by atoms with E-state index in [4.69, 9.17) is 0 Å². The largest absolute Gasteiger partial charge is 0.354 e. The number of carbonyl (C=O) groups excluding carboxylic acids is 2. The Labute approximate surface area is 220 Å². The summed E-state index contributed by atoms with van der Waals surface area (Å²) in [5, 5.41) is 18.4. The fourth-order valence-corrected chi connectivity index (χ4v) is 3.69. The highest BCUT2D eigenvalue weighted by Crippen LogP contribution is 2.17. The summed E-state index contributed by atoms with van der Waals surface area (Å²) in [6.07, 6.45) is 0. The van der Waals surface area contributed by atoms with Gasteiger partial charge in [0, 0.05) is 47.0 Å². The summed E-state index contributed by atoms with van der Waals surface area (Å²) in [5.41, 5.74) is 4.00. The van der Waals surface area contributed by atoms with Crippen LogP contribution in [0.2, 0.25) is 0 Å². The van der Waals surface area contributed by atoms with E-state index in [2.05, 4.69) is 41.9 Å². The summed E-state index contributed by atoms with van der Waals surface area (Å²) < 4.78 is 0. The Morgan fingerprint density at radius 2 is 0.919 bits per heavy atom. The first-order valence-electron chi connectivity index (χ1n) is 11.7. The van der Waals surface area contributed by atoms with Crippen LogP contribution in [0.1, 0.15) is 20.7 Å². The molecule has 190 valence electrons. The van der Waals surface area contributed by atoms with E-state index >= 15 is 0 Å². The second-order valence-electron chi connectivity index (χ2n) is 8.20. The predicted molar refractivity (Wildman–Crippen MR) is 150 cm³/mol. The van der Waals surface area contributed by atoms with Crippen LogP contribution in [-0.4, -0.2) is 49.9 Å². The van der Waals surface area contributed by atoms with Crippen molar-refractivity contribution in [3.63, 3.8) is 0 Å². The molecule has 37 heavy (non-hydrogen) atoms. The van der Waals surface area contributed by atoms with Crippen LogP contribution >= 0.6 is 12.4 Å². The average molecular weight is 519 g/mol. The number of rotatable bonds is 6. The summed E-state index contributed by atoms with van der Waals surface area (Å²) in [6, 6.07) is 21.3. The van der Waals surface area contributed by atoms with Gasteiger partial charge in [-0.25, -0.2) is 0 Å². The first kappa shape index (κ1) is 25.5. The maximum Gasteiger partial charge on any atom is 0.255 e. The third kappa shape index (κ3) is 6.77. The number of nitrogens with one attached hydrogen (secondary N) is 6. The molecule has 0 saturated heterocycles. The molecule has 0 unspecified atom stereocenters. The van der Waals surface area contributed by atoms with Gasteiger partial charge in [0.15, 0.2) is 11.9 Å². The average Bonchev–Trinajstić information content (AvgIpc) is 3.61. The van der Waals surface area contributed by atoms with Gasteiger partial charge in [-0.2, -0.15) is 0 Å². The van der Waals surface area contributed by atoms with E-state index in [1.54, 1.807) is 24.3 Å². The fraction of sp³-hybridized carbons (Fsp3) is 0.154. The Hall–Kier alpha value is -4.57. The summed E-state index contributed by atoms with van der Waals surface area (Å²) in [6.45, 7) is 3.18. The van der Waals surface area contributed by atoms with Crippen molar-refractivity contribution in [2.45, 2.75) is 0 Å². The number of guanidine groups is 2. The van der Waals surface area contributed by atoms with Crippen molar-refractivity contribution in [1.82, 2.24) is 10.6 Å². The molecule has 0 spiro atoms. The van der Waals surface area contributed by atoms with Gasteiger partial charge >= 0.3 is 0 Å². The van der Waals surface area contributed by atoms with Gasteiger partial charge in [-0.1, -0.05) is 0 Å². The number of hydrogen-bond donors (Lipinski definition) is 6. The Balaban J connectivity index is 0.00000320. The summed E-state index contributed by atoms with van der Waals surface area (Å²) in [7, 11) is 0. The monoisotopic (exact) mass is 518 g/mol. The van der Waals surface area contributed by atoms with E-state index in [1.165, 1.54) is 0 Å². The third-order valence-corrected chi connectivity index (χ3v) is 5.57. The zero-order valence-corrected chi connectivity index (χ0v) is 20.7. The minimum atomic E-state index is -0.256. The molecule has 0 radical (unpaired) electrons. The lowest BCUT2D eigenvalue weighted by molar-refractivity contribution is 0.101. The van der Waals surface area contributed by atoms with Gasteiger partial charge in [0.1, 0.15) is 0 Å². The van der Waals surface area contributed by atoms with Gasteiger partial charge in [0.2, 0.25) is 0 Å². The van der Waals surface area contributed by atoms with Crippen molar-refractivity contribution < 1.29 is 9.59 Å². The molecule has 11 heteroatoms. The minimum Gasteiger partial charge on any atom is -0.354 e. The lowest BCUT2D eigenvalue weighted by Gasteiger charge is -2.10. The molecule has 0 bridgehead atoms. The van der Waals surface area contributed by atoms with E-state index in [9.17, 15) is 9.59 Å². The molecular weight excluding hydrogens is 492 g/mol. The molecule has 0 aromatic heterocycles. The van der Waals surface area contributed by atoms with E-state index in [0.29, 0.717) is 22.5 Å². The molecule has 0 atom stereocenters. The maximum absolute atomic E-state index is 12.6. The van der Waals surface area contributed by atoms with E-state index in [1.807, 2.05) is 48.5 Å². The molecule has 0 aliphatic carbocycles. The number of benzene rings is 3. The number of carbonyl (C=O) groups is 2. The van der Waals surface area contributed by atoms with Crippen LogP contribution in [0.25, 0.3) is 0 Å². The standard InChI is InChI=1S/C26H26N8O2.ClH/c35-23(31-19-5-9-21(10-6-19)33-25-27-13-14-28-25)17-1-2-18(4-3-17)24(36)32-20-7-11-22(12-8-20)34-26-29-15-16-30-26;/h1-12H,13-16H2,(H,31,35)(H,32,36)(H2,27,28,33)(H2,29,30,34);1H. The number of hydrogen-bond acceptors (Lipinski definition) is 8. The van der Waals surface area contributed by atoms with Crippen LogP contribution in [0.5, 0.6) is 0 Å². The minimum absolute atomic E-state index is 0. The lowest BCUT2D eigenvalue weighted by atomic mass is 10.1. The van der Waals surface area contributed by atoms with Crippen molar-refractivity contribution in [2.24, 2.45) is 9.98 Å². The molecule has 3 aromatic carbocycles. The maximum atomic E-state index is 12.6. The highest BCUT2D eigenvalue weighted by Gasteiger charge is 2.11. The van der Waals surface area contributed by atoms with Crippen molar-refractivity contribution >= 4 is 58.9 Å². The first-order chi connectivity index (χ1) is 17.6. The summed E-state index contributed by atoms with van der Waals surface area (Å²) in [4.78, 5) is 33.8. The molecule has 5 rings (SSSR count). The second kappa shape index (κ2) is 11.9. The van der Waals surface area contributed by atoms with E-state index in [-0.39, 0.29) is 24.2 Å². The smallest absolute Gasteiger partial charge is 0.255 e. The Bertz CT molecular complexity index is 1200. The molecular formula is C26H27ClN8O2. The molecule has 0 saturated carbocycles. The van der Waals surface area contributed by atoms with Crippen LogP contribution in [0.3, 0.4) is 0 Å². The van der Waals surface area contributed by atoms with Crippen molar-refractivity contribution in [2.75, 3.05) is 47.4 Å². The number of aliphatic imine (C=N–C) groups is 2. The van der Waals surface area contributed by atoms with Crippen molar-refractivity contribution in [1.29, 1.82) is 0 Å². The predicted octanol–water partition coefficient (Wildman–Crippen LogP) is 3.36. The molecule has 2 heterocycles. The highest BCUT2D eigenvalue weighted by atomic mass is 35.5. The third-order valence-electron chi connectivity index (χ3n) is 5.57. The van der Waals surface area contributed by atoms with Gasteiger partial charge in [-0.3, -0.25) is 19.6 Å². The zero-order chi connectivity index (χ0) is 24.7. The van der Waals surface area contributed by atoms with E-state index < -0.39 is 0 Å². The normalized spacial score (nSPS) is 13.7. The van der Waals surface area contributed by atoms with Gasteiger partial charge in [0.05, 0.1) is 13.1 Å². The second-order valence-corrected chi connectivity index (χ2v) is 8.20. The number of halogens is 1. The molecule has 0 fully saturated rings. The van der Waals surface area contributed by atoms with Crippen LogP contribution in [0.15, 0.2) is 82.8 Å². The molecule has 2 amide bonds. The van der Waals surface area contributed by atoms with Crippen molar-refractivity contribution in [3.05, 3.63) is 83.9 Å². The van der Waals surface area contributed by atoms with Crippen LogP contribution < -0.4 is 31.9 Å². The summed E-state index contributed by atoms with van der Waals surface area (Å²) >= 11 is 0. The Kier molecular flexibility index (Phi) is 8.22. The van der Waals surface area contributed by atoms with E-state index in [0.717, 1.165) is 49.5 Å². The molecule has 2 aliphatic rings. The Morgan fingerprint density at radius 1 is 0.568 bits per heavy atom. The van der Waals surface area contributed by atoms with Gasteiger partial charge < -0.3 is 31.9 Å². The molecule has 6 N–H and O–H groups in total. The molecule has 3 aromatic rings. The highest BCUT2D eigenvalue weighted by molar-refractivity contribution is 6.07. The van der Waals surface area contributed by atoms with Crippen LogP contribution in [0, 0.1) is 0 Å². The number of nitrogens with zero attached hydrogens (tertiary/aromatic N) is 2. The van der Waals surface area contributed by atoms with Crippen LogP contribution in [-0.2, 0) is 0 Å².